The van der Waals surface area contributed by atoms with E-state index in [9.17, 15) is 14.4 Å². The molecule has 4 rings (SSSR count). The van der Waals surface area contributed by atoms with Crippen LogP contribution in [-0.4, -0.2) is 53.1 Å². The molecule has 1 saturated heterocycles. The molecule has 9 nitrogen and oxygen atoms in total. The summed E-state index contributed by atoms with van der Waals surface area (Å²) in [6.07, 6.45) is 8.94. The molecule has 0 bridgehead atoms. The minimum atomic E-state index is -0.798. The van der Waals surface area contributed by atoms with Crippen LogP contribution >= 0.6 is 0 Å². The van der Waals surface area contributed by atoms with Gasteiger partial charge in [0.1, 0.15) is 11.4 Å². The number of benzene rings is 1. The highest BCUT2D eigenvalue weighted by atomic mass is 16.2. The van der Waals surface area contributed by atoms with Gasteiger partial charge >= 0.3 is 0 Å². The van der Waals surface area contributed by atoms with Crippen molar-refractivity contribution in [3.8, 4) is 0 Å². The molecule has 9 heteroatoms. The second-order valence-corrected chi connectivity index (χ2v) is 10.4. The van der Waals surface area contributed by atoms with E-state index in [1.54, 1.807) is 17.0 Å². The summed E-state index contributed by atoms with van der Waals surface area (Å²) in [5.74, 6) is -0.0631. The Hall–Kier alpha value is -2.94. The molecule has 0 spiro atoms. The van der Waals surface area contributed by atoms with Gasteiger partial charge in [-0.3, -0.25) is 25.1 Å². The van der Waals surface area contributed by atoms with E-state index < -0.39 is 17.5 Å². The smallest absolute Gasteiger partial charge is 0.246 e. The number of nitrogen functional groups attached to an aromatic ring is 1. The number of hydrogen-bond donors (Lipinski definition) is 5. The summed E-state index contributed by atoms with van der Waals surface area (Å²) in [5.41, 5.74) is 11.6. The molecule has 3 fully saturated rings. The number of nitrogens with two attached hydrogens (primary N) is 2. The van der Waals surface area contributed by atoms with E-state index in [1.807, 2.05) is 12.1 Å². The monoisotopic (exact) mass is 482 g/mol. The predicted molar refractivity (Wildman–Crippen MR) is 133 cm³/mol. The van der Waals surface area contributed by atoms with E-state index in [0.29, 0.717) is 37.4 Å². The zero-order valence-electron chi connectivity index (χ0n) is 20.4. The van der Waals surface area contributed by atoms with Gasteiger partial charge < -0.3 is 21.7 Å². The van der Waals surface area contributed by atoms with Crippen molar-refractivity contribution in [1.29, 1.82) is 5.41 Å². The largest absolute Gasteiger partial charge is 0.384 e. The molecule has 3 atom stereocenters. The van der Waals surface area contributed by atoms with Crippen molar-refractivity contribution in [1.82, 2.24) is 15.5 Å². The standard InChI is InChI=1S/C26H38N6O3/c27-22(33)16-30-21(13-17-5-2-1-3-6-17)24(34)32-12-4-7-20-14-26(20,32)25(35)31-15-18-8-10-19(11-9-18)23(28)29/h8-11,17,20-21,30H,1-7,12-16H2,(H2,27,33)(H3,28,29)(H,31,35)/t20-,21-,26+/m1/s1. The number of amides is 3. The van der Waals surface area contributed by atoms with Crippen LogP contribution in [0.3, 0.4) is 0 Å². The van der Waals surface area contributed by atoms with Crippen LogP contribution in [0.4, 0.5) is 0 Å². The van der Waals surface area contributed by atoms with Crippen molar-refractivity contribution in [3.05, 3.63) is 35.4 Å². The lowest BCUT2D eigenvalue weighted by Crippen LogP contribution is -2.60. The Morgan fingerprint density at radius 2 is 1.77 bits per heavy atom. The third-order valence-electron chi connectivity index (χ3n) is 7.98. The summed E-state index contributed by atoms with van der Waals surface area (Å²) < 4.78 is 0. The summed E-state index contributed by atoms with van der Waals surface area (Å²) in [6.45, 7) is 0.851. The highest BCUT2D eigenvalue weighted by molar-refractivity contribution is 5.97. The van der Waals surface area contributed by atoms with Gasteiger partial charge in [0.2, 0.25) is 17.7 Å². The molecule has 3 amide bonds. The predicted octanol–water partition coefficient (Wildman–Crippen LogP) is 1.38. The topological polar surface area (TPSA) is 154 Å². The van der Waals surface area contributed by atoms with E-state index in [4.69, 9.17) is 16.9 Å². The van der Waals surface area contributed by atoms with E-state index in [-0.39, 0.29) is 30.1 Å². The number of carbonyl (C=O) groups is 3. The molecular formula is C26H38N6O3. The number of likely N-dealkylation sites (tertiary alicyclic amines) is 1. The molecule has 7 N–H and O–H groups in total. The molecule has 3 aliphatic rings. The van der Waals surface area contributed by atoms with Crippen molar-refractivity contribution in [3.63, 3.8) is 0 Å². The van der Waals surface area contributed by atoms with Crippen molar-refractivity contribution in [2.24, 2.45) is 23.3 Å². The molecule has 1 aromatic carbocycles. The molecule has 35 heavy (non-hydrogen) atoms. The Morgan fingerprint density at radius 3 is 2.43 bits per heavy atom. The summed E-state index contributed by atoms with van der Waals surface area (Å²) >= 11 is 0. The average Bonchev–Trinajstić information content (AvgIpc) is 3.61. The van der Waals surface area contributed by atoms with Crippen molar-refractivity contribution >= 4 is 23.6 Å². The molecule has 0 radical (unpaired) electrons. The number of primary amides is 1. The Kier molecular flexibility index (Phi) is 7.74. The molecule has 1 aromatic rings. The van der Waals surface area contributed by atoms with Gasteiger partial charge in [-0.2, -0.15) is 0 Å². The highest BCUT2D eigenvalue weighted by Crippen LogP contribution is 2.54. The minimum absolute atomic E-state index is 0.00406. The number of hydrogen-bond acceptors (Lipinski definition) is 5. The molecule has 0 aromatic heterocycles. The van der Waals surface area contributed by atoms with Crippen LogP contribution in [-0.2, 0) is 20.9 Å². The Balaban J connectivity index is 1.45. The average molecular weight is 483 g/mol. The number of amidine groups is 1. The maximum Gasteiger partial charge on any atom is 0.246 e. The molecule has 1 heterocycles. The molecule has 190 valence electrons. The first kappa shape index (κ1) is 25.2. The summed E-state index contributed by atoms with van der Waals surface area (Å²) in [4.78, 5) is 40.5. The maximum atomic E-state index is 13.8. The molecular weight excluding hydrogens is 444 g/mol. The minimum Gasteiger partial charge on any atom is -0.384 e. The summed E-state index contributed by atoms with van der Waals surface area (Å²) in [7, 11) is 0. The van der Waals surface area contributed by atoms with Gasteiger partial charge in [0.15, 0.2) is 0 Å². The number of nitrogens with one attached hydrogen (secondary N) is 3. The Morgan fingerprint density at radius 1 is 1.06 bits per heavy atom. The van der Waals surface area contributed by atoms with Gasteiger partial charge in [0.25, 0.3) is 0 Å². The zero-order chi connectivity index (χ0) is 25.0. The van der Waals surface area contributed by atoms with Crippen LogP contribution in [0.1, 0.15) is 68.9 Å². The number of fused-ring (bicyclic) bond motifs is 1. The van der Waals surface area contributed by atoms with E-state index >= 15 is 0 Å². The Bertz CT molecular complexity index is 958. The first-order valence-corrected chi connectivity index (χ1v) is 12.9. The SMILES string of the molecule is N=C(N)c1ccc(CNC(=O)[C@]23C[C@H]2CCCN3C(=O)[C@@H](CC2CCCCC2)NCC(N)=O)cc1. The fourth-order valence-electron chi connectivity index (χ4n) is 5.97. The third kappa shape index (κ3) is 5.66. The van der Waals surface area contributed by atoms with Gasteiger partial charge in [0.05, 0.1) is 12.6 Å². The van der Waals surface area contributed by atoms with Crippen molar-refractivity contribution < 1.29 is 14.4 Å². The summed E-state index contributed by atoms with van der Waals surface area (Å²) in [6, 6.07) is 6.71. The number of rotatable bonds is 10. The van der Waals surface area contributed by atoms with Gasteiger partial charge in [-0.15, -0.1) is 0 Å². The normalized spacial score (nSPS) is 24.8. The lowest BCUT2D eigenvalue weighted by molar-refractivity contribution is -0.146. The molecule has 1 aliphatic heterocycles. The number of carbonyl (C=O) groups excluding carboxylic acids is 3. The molecule has 2 saturated carbocycles. The van der Waals surface area contributed by atoms with Crippen LogP contribution < -0.4 is 22.1 Å². The second-order valence-electron chi connectivity index (χ2n) is 10.4. The number of nitrogens with zero attached hydrogens (tertiary/aromatic N) is 1. The van der Waals surface area contributed by atoms with Gasteiger partial charge in [-0.1, -0.05) is 56.4 Å². The van der Waals surface area contributed by atoms with Crippen molar-refractivity contribution in [2.45, 2.75) is 75.9 Å². The second kappa shape index (κ2) is 10.8. The highest BCUT2D eigenvalue weighted by Gasteiger charge is 2.66. The van der Waals surface area contributed by atoms with Gasteiger partial charge in [-0.25, -0.2) is 0 Å². The number of piperidine rings is 1. The van der Waals surface area contributed by atoms with E-state index in [2.05, 4.69) is 10.6 Å². The maximum absolute atomic E-state index is 13.8. The van der Waals surface area contributed by atoms with Crippen molar-refractivity contribution in [2.75, 3.05) is 13.1 Å². The fourth-order valence-corrected chi connectivity index (χ4v) is 5.97. The van der Waals surface area contributed by atoms with E-state index in [0.717, 1.165) is 31.2 Å². The van der Waals surface area contributed by atoms with Crippen LogP contribution in [0, 0.1) is 17.2 Å². The van der Waals surface area contributed by atoms with Gasteiger partial charge in [0, 0.05) is 18.7 Å². The van der Waals surface area contributed by atoms with Crippen LogP contribution in [0.25, 0.3) is 0 Å². The lowest BCUT2D eigenvalue weighted by Gasteiger charge is -2.38. The van der Waals surface area contributed by atoms with Gasteiger partial charge in [-0.05, 0) is 43.1 Å². The van der Waals surface area contributed by atoms with Crippen LogP contribution in [0.15, 0.2) is 24.3 Å². The third-order valence-corrected chi connectivity index (χ3v) is 7.98. The Labute approximate surface area is 206 Å². The first-order chi connectivity index (χ1) is 16.8. The fraction of sp³-hybridized carbons (Fsp3) is 0.615. The van der Waals surface area contributed by atoms with Crippen LogP contribution in [0.2, 0.25) is 0 Å². The lowest BCUT2D eigenvalue weighted by atomic mass is 9.84. The van der Waals surface area contributed by atoms with Crippen LogP contribution in [0.5, 0.6) is 0 Å². The van der Waals surface area contributed by atoms with E-state index in [1.165, 1.54) is 19.3 Å². The summed E-state index contributed by atoms with van der Waals surface area (Å²) in [5, 5.41) is 13.7. The molecule has 0 unspecified atom stereocenters. The molecule has 2 aliphatic carbocycles. The zero-order valence-corrected chi connectivity index (χ0v) is 20.4. The quantitative estimate of drug-likeness (QED) is 0.252. The first-order valence-electron chi connectivity index (χ1n) is 12.9.